The van der Waals surface area contributed by atoms with Gasteiger partial charge in [0.1, 0.15) is 0 Å². The molecular weight excluding hydrogens is 254 g/mol. The lowest BCUT2D eigenvalue weighted by atomic mass is 10.2. The highest BCUT2D eigenvalue weighted by atomic mass is 32.2. The number of rotatable bonds is 5. The Labute approximate surface area is 109 Å². The van der Waals surface area contributed by atoms with E-state index in [0.29, 0.717) is 18.1 Å². The van der Waals surface area contributed by atoms with Gasteiger partial charge in [-0.25, -0.2) is 4.98 Å². The molecule has 2 N–H and O–H groups in total. The Kier molecular flexibility index (Phi) is 3.90. The van der Waals surface area contributed by atoms with Crippen LogP contribution in [0.1, 0.15) is 18.5 Å². The number of aliphatic carboxylic acids is 1. The third kappa shape index (κ3) is 3.04. The predicted octanol–water partition coefficient (Wildman–Crippen LogP) is 0.647. The molecule has 1 aliphatic rings. The van der Waals surface area contributed by atoms with Crippen LogP contribution in [-0.4, -0.2) is 38.3 Å². The second-order valence-electron chi connectivity index (χ2n) is 4.28. The molecular formula is C11H15N3O3S. The summed E-state index contributed by atoms with van der Waals surface area (Å²) >= 11 is 1.20. The van der Waals surface area contributed by atoms with Gasteiger partial charge >= 0.3 is 5.97 Å². The minimum absolute atomic E-state index is 0.00647. The topological polar surface area (TPSA) is 84.2 Å². The number of nitrogens with one attached hydrogen (secondary N) is 1. The van der Waals surface area contributed by atoms with E-state index in [-0.39, 0.29) is 17.7 Å². The van der Waals surface area contributed by atoms with E-state index in [0.717, 1.165) is 12.1 Å². The molecule has 1 saturated heterocycles. The summed E-state index contributed by atoms with van der Waals surface area (Å²) in [7, 11) is 0. The van der Waals surface area contributed by atoms with E-state index in [1.54, 1.807) is 6.20 Å². The molecule has 1 fully saturated rings. The number of carbonyl (C=O) groups excluding carboxylic acids is 1. The van der Waals surface area contributed by atoms with Crippen molar-refractivity contribution >= 4 is 23.6 Å². The van der Waals surface area contributed by atoms with Crippen molar-refractivity contribution in [3.8, 4) is 0 Å². The summed E-state index contributed by atoms with van der Waals surface area (Å²) in [5.41, 5.74) is 0.976. The van der Waals surface area contributed by atoms with Gasteiger partial charge in [-0.2, -0.15) is 0 Å². The molecule has 2 heterocycles. The molecule has 0 spiro atoms. The van der Waals surface area contributed by atoms with Crippen LogP contribution in [0.15, 0.2) is 11.4 Å². The van der Waals surface area contributed by atoms with Crippen LogP contribution < -0.4 is 5.32 Å². The predicted molar refractivity (Wildman–Crippen MR) is 66.5 cm³/mol. The zero-order chi connectivity index (χ0) is 13.1. The van der Waals surface area contributed by atoms with Crippen molar-refractivity contribution in [2.24, 2.45) is 0 Å². The maximum Gasteiger partial charge on any atom is 0.313 e. The first-order chi connectivity index (χ1) is 8.56. The Morgan fingerprint density at radius 3 is 3.11 bits per heavy atom. The van der Waals surface area contributed by atoms with Gasteiger partial charge in [0, 0.05) is 30.9 Å². The number of carboxylic acid groups (broad SMARTS) is 1. The molecule has 0 saturated carbocycles. The highest BCUT2D eigenvalue weighted by Crippen LogP contribution is 2.20. The van der Waals surface area contributed by atoms with Gasteiger partial charge in [0.05, 0.1) is 5.75 Å². The standard InChI is InChI=1S/C11H15N3O3S/c1-7-4-12-11(18-6-10(16)17)14(7)5-8-2-3-9(15)13-8/h4,8H,2-3,5-6H2,1H3,(H,13,15)(H,16,17). The van der Waals surface area contributed by atoms with E-state index >= 15 is 0 Å². The summed E-state index contributed by atoms with van der Waals surface area (Å²) in [6, 6.07) is 0.120. The van der Waals surface area contributed by atoms with Gasteiger partial charge in [0.2, 0.25) is 5.91 Å². The monoisotopic (exact) mass is 269 g/mol. The lowest BCUT2D eigenvalue weighted by molar-refractivity contribution is -0.133. The second kappa shape index (κ2) is 5.43. The first kappa shape index (κ1) is 12.9. The fourth-order valence-electron chi connectivity index (χ4n) is 1.94. The van der Waals surface area contributed by atoms with Crippen molar-refractivity contribution in [1.29, 1.82) is 0 Å². The lowest BCUT2D eigenvalue weighted by Gasteiger charge is -2.14. The average molecular weight is 269 g/mol. The highest BCUT2D eigenvalue weighted by molar-refractivity contribution is 7.99. The number of carboxylic acids is 1. The summed E-state index contributed by atoms with van der Waals surface area (Å²) in [5, 5.41) is 12.3. The summed E-state index contributed by atoms with van der Waals surface area (Å²) in [6.07, 6.45) is 3.11. The number of imidazole rings is 1. The molecule has 7 heteroatoms. The zero-order valence-electron chi connectivity index (χ0n) is 10.0. The zero-order valence-corrected chi connectivity index (χ0v) is 10.9. The minimum atomic E-state index is -0.860. The van der Waals surface area contributed by atoms with Crippen molar-refractivity contribution in [2.75, 3.05) is 5.75 Å². The summed E-state index contributed by atoms with van der Waals surface area (Å²) in [4.78, 5) is 25.9. The molecule has 6 nitrogen and oxygen atoms in total. The van der Waals surface area contributed by atoms with Crippen LogP contribution in [0.2, 0.25) is 0 Å². The van der Waals surface area contributed by atoms with Crippen LogP contribution in [0.4, 0.5) is 0 Å². The maximum absolute atomic E-state index is 11.1. The molecule has 1 amide bonds. The van der Waals surface area contributed by atoms with Gasteiger partial charge < -0.3 is 15.0 Å². The number of nitrogens with zero attached hydrogens (tertiary/aromatic N) is 2. The van der Waals surface area contributed by atoms with Crippen molar-refractivity contribution in [3.05, 3.63) is 11.9 Å². The molecule has 1 aliphatic heterocycles. The third-order valence-corrected chi connectivity index (χ3v) is 3.81. The van der Waals surface area contributed by atoms with E-state index in [1.165, 1.54) is 11.8 Å². The molecule has 2 rings (SSSR count). The Morgan fingerprint density at radius 2 is 2.50 bits per heavy atom. The van der Waals surface area contributed by atoms with Crippen LogP contribution in [0, 0.1) is 6.92 Å². The first-order valence-electron chi connectivity index (χ1n) is 5.72. The number of aromatic nitrogens is 2. The van der Waals surface area contributed by atoms with Crippen molar-refractivity contribution < 1.29 is 14.7 Å². The average Bonchev–Trinajstić information content (AvgIpc) is 2.85. The van der Waals surface area contributed by atoms with E-state index in [9.17, 15) is 9.59 Å². The summed E-state index contributed by atoms with van der Waals surface area (Å²) in [6.45, 7) is 2.58. The Bertz CT molecular complexity index is 472. The van der Waals surface area contributed by atoms with E-state index in [4.69, 9.17) is 5.11 Å². The first-order valence-corrected chi connectivity index (χ1v) is 6.71. The largest absolute Gasteiger partial charge is 0.481 e. The number of carbonyl (C=O) groups is 2. The number of thioether (sulfide) groups is 1. The fraction of sp³-hybridized carbons (Fsp3) is 0.545. The molecule has 98 valence electrons. The van der Waals surface area contributed by atoms with Crippen LogP contribution in [0.5, 0.6) is 0 Å². The molecule has 0 bridgehead atoms. The van der Waals surface area contributed by atoms with E-state index < -0.39 is 5.97 Å². The smallest absolute Gasteiger partial charge is 0.313 e. The maximum atomic E-state index is 11.1. The van der Waals surface area contributed by atoms with E-state index in [2.05, 4.69) is 10.3 Å². The van der Waals surface area contributed by atoms with Gasteiger partial charge in [-0.3, -0.25) is 9.59 Å². The quantitative estimate of drug-likeness (QED) is 0.767. The number of hydrogen-bond donors (Lipinski definition) is 2. The SMILES string of the molecule is Cc1cnc(SCC(=O)O)n1CC1CCC(=O)N1. The van der Waals surface area contributed by atoms with Gasteiger partial charge in [-0.05, 0) is 13.3 Å². The molecule has 0 aromatic carbocycles. The second-order valence-corrected chi connectivity index (χ2v) is 5.22. The van der Waals surface area contributed by atoms with Crippen molar-refractivity contribution in [2.45, 2.75) is 37.5 Å². The van der Waals surface area contributed by atoms with Gasteiger partial charge in [-0.1, -0.05) is 11.8 Å². The number of aryl methyl sites for hydroxylation is 1. The van der Waals surface area contributed by atoms with Crippen molar-refractivity contribution in [3.63, 3.8) is 0 Å². The lowest BCUT2D eigenvalue weighted by Crippen LogP contribution is -2.30. The molecule has 1 unspecified atom stereocenters. The summed E-state index contributed by atoms with van der Waals surface area (Å²) < 4.78 is 1.96. The third-order valence-electron chi connectivity index (χ3n) is 2.83. The van der Waals surface area contributed by atoms with Crippen molar-refractivity contribution in [1.82, 2.24) is 14.9 Å². The van der Waals surface area contributed by atoms with Gasteiger partial charge in [-0.15, -0.1) is 0 Å². The van der Waals surface area contributed by atoms with E-state index in [1.807, 2.05) is 11.5 Å². The minimum Gasteiger partial charge on any atom is -0.481 e. The van der Waals surface area contributed by atoms with Crippen LogP contribution >= 0.6 is 11.8 Å². The molecule has 1 aromatic heterocycles. The summed E-state index contributed by atoms with van der Waals surface area (Å²) in [5.74, 6) is -0.785. The Hall–Kier alpha value is -1.50. The highest BCUT2D eigenvalue weighted by Gasteiger charge is 2.22. The fourth-order valence-corrected chi connectivity index (χ4v) is 2.69. The van der Waals surface area contributed by atoms with Crippen LogP contribution in [-0.2, 0) is 16.1 Å². The molecule has 18 heavy (non-hydrogen) atoms. The molecule has 1 atom stereocenters. The number of amides is 1. The molecule has 0 radical (unpaired) electrons. The Morgan fingerprint density at radius 1 is 1.72 bits per heavy atom. The van der Waals surface area contributed by atoms with Crippen LogP contribution in [0.25, 0.3) is 0 Å². The van der Waals surface area contributed by atoms with Crippen LogP contribution in [0.3, 0.4) is 0 Å². The van der Waals surface area contributed by atoms with Gasteiger partial charge in [0.15, 0.2) is 5.16 Å². The normalized spacial score (nSPS) is 18.9. The Balaban J connectivity index is 2.04. The van der Waals surface area contributed by atoms with Gasteiger partial charge in [0.25, 0.3) is 0 Å². The molecule has 1 aromatic rings. The molecule has 0 aliphatic carbocycles. The number of hydrogen-bond acceptors (Lipinski definition) is 4.